The second-order valence-electron chi connectivity index (χ2n) is 6.58. The molecule has 29 heavy (non-hydrogen) atoms. The summed E-state index contributed by atoms with van der Waals surface area (Å²) >= 11 is 12.8. The van der Waals surface area contributed by atoms with Gasteiger partial charge in [0.05, 0.1) is 26.6 Å². The number of anilines is 2. The normalized spacial score (nSPS) is 15.7. The van der Waals surface area contributed by atoms with Crippen LogP contribution in [0.2, 0.25) is 5.02 Å². The van der Waals surface area contributed by atoms with Crippen LogP contribution in [0.3, 0.4) is 0 Å². The molecule has 1 heterocycles. The highest BCUT2D eigenvalue weighted by atomic mass is 35.5. The number of carboxylic acids is 1. The lowest BCUT2D eigenvalue weighted by molar-refractivity contribution is -0.139. The first-order valence-corrected chi connectivity index (χ1v) is 10.6. The Bertz CT molecular complexity index is 937. The van der Waals surface area contributed by atoms with E-state index < -0.39 is 11.9 Å². The molecule has 0 saturated carbocycles. The third-order valence-electron chi connectivity index (χ3n) is 4.33. The van der Waals surface area contributed by atoms with E-state index in [1.165, 1.54) is 6.92 Å². The summed E-state index contributed by atoms with van der Waals surface area (Å²) in [7, 11) is 0. The quantitative estimate of drug-likeness (QED) is 0.475. The minimum Gasteiger partial charge on any atom is -0.481 e. The standard InChI is InChI=1S/C20H20ClN3O3S2/c1-11(25)23-15-3-2-4-16-18(15)29-17(24-16)10-22-19(28)14(20(26)27)9-12-5-7-13(21)8-6-12/h2-8,14,17,24H,9-10H2,1H3,(H,22,28)(H,23,25)(H,26,27). The molecule has 4 N–H and O–H groups in total. The smallest absolute Gasteiger partial charge is 0.313 e. The Morgan fingerprint density at radius 2 is 2.00 bits per heavy atom. The van der Waals surface area contributed by atoms with E-state index in [1.807, 2.05) is 18.2 Å². The maximum absolute atomic E-state index is 11.7. The van der Waals surface area contributed by atoms with Gasteiger partial charge in [0.15, 0.2) is 0 Å². The lowest BCUT2D eigenvalue weighted by Crippen LogP contribution is -2.39. The fourth-order valence-electron chi connectivity index (χ4n) is 2.97. The zero-order chi connectivity index (χ0) is 21.0. The first kappa shape index (κ1) is 21.4. The highest BCUT2D eigenvalue weighted by Gasteiger charge is 2.27. The van der Waals surface area contributed by atoms with E-state index in [2.05, 4.69) is 16.0 Å². The van der Waals surface area contributed by atoms with Crippen molar-refractivity contribution in [2.24, 2.45) is 5.92 Å². The molecule has 0 aliphatic carbocycles. The fraction of sp³-hybridized carbons (Fsp3) is 0.250. The molecule has 0 radical (unpaired) electrons. The first-order chi connectivity index (χ1) is 13.8. The Balaban J connectivity index is 1.59. The highest BCUT2D eigenvalue weighted by molar-refractivity contribution is 8.00. The van der Waals surface area contributed by atoms with Gasteiger partial charge in [-0.3, -0.25) is 9.59 Å². The maximum Gasteiger partial charge on any atom is 0.313 e. The minimum atomic E-state index is -0.972. The third kappa shape index (κ3) is 5.62. The van der Waals surface area contributed by atoms with Crippen molar-refractivity contribution < 1.29 is 14.7 Å². The zero-order valence-corrected chi connectivity index (χ0v) is 18.0. The Morgan fingerprint density at radius 1 is 1.28 bits per heavy atom. The van der Waals surface area contributed by atoms with E-state index in [1.54, 1.807) is 36.0 Å². The van der Waals surface area contributed by atoms with Gasteiger partial charge in [-0.05, 0) is 36.2 Å². The van der Waals surface area contributed by atoms with Crippen LogP contribution in [0.1, 0.15) is 12.5 Å². The number of thioether (sulfide) groups is 1. The number of fused-ring (bicyclic) bond motifs is 1. The highest BCUT2D eigenvalue weighted by Crippen LogP contribution is 2.43. The van der Waals surface area contributed by atoms with Crippen LogP contribution in [0, 0.1) is 5.92 Å². The van der Waals surface area contributed by atoms with Gasteiger partial charge in [-0.25, -0.2) is 0 Å². The van der Waals surface area contributed by atoms with Crippen LogP contribution in [-0.2, 0) is 16.0 Å². The molecule has 1 aliphatic rings. The average molecular weight is 450 g/mol. The number of carbonyl (C=O) groups is 2. The van der Waals surface area contributed by atoms with Crippen LogP contribution >= 0.6 is 35.6 Å². The number of hydrogen-bond acceptors (Lipinski definition) is 5. The molecule has 2 aromatic carbocycles. The van der Waals surface area contributed by atoms with Crippen molar-refractivity contribution >= 4 is 63.8 Å². The summed E-state index contributed by atoms with van der Waals surface area (Å²) in [4.78, 5) is 24.3. The van der Waals surface area contributed by atoms with Crippen molar-refractivity contribution in [2.75, 3.05) is 17.2 Å². The van der Waals surface area contributed by atoms with Gasteiger partial charge in [-0.1, -0.05) is 53.8 Å². The SMILES string of the molecule is CC(=O)Nc1cccc2c1SC(CNC(=S)C(Cc1ccc(Cl)cc1)C(=O)O)N2. The van der Waals surface area contributed by atoms with Crippen LogP contribution in [0.25, 0.3) is 0 Å². The van der Waals surface area contributed by atoms with Crippen molar-refractivity contribution in [1.29, 1.82) is 0 Å². The van der Waals surface area contributed by atoms with Crippen molar-refractivity contribution in [3.8, 4) is 0 Å². The van der Waals surface area contributed by atoms with Crippen LogP contribution in [-0.4, -0.2) is 33.9 Å². The Labute approximate surface area is 183 Å². The molecule has 9 heteroatoms. The van der Waals surface area contributed by atoms with Gasteiger partial charge >= 0.3 is 5.97 Å². The van der Waals surface area contributed by atoms with Gasteiger partial charge in [0.25, 0.3) is 0 Å². The van der Waals surface area contributed by atoms with Gasteiger partial charge in [-0.15, -0.1) is 0 Å². The van der Waals surface area contributed by atoms with Crippen LogP contribution in [0.4, 0.5) is 11.4 Å². The molecule has 1 amide bonds. The number of nitrogens with one attached hydrogen (secondary N) is 3. The van der Waals surface area contributed by atoms with E-state index in [9.17, 15) is 14.7 Å². The fourth-order valence-corrected chi connectivity index (χ4v) is 4.50. The number of amides is 1. The predicted octanol–water partition coefficient (Wildman–Crippen LogP) is 4.00. The molecule has 1 aliphatic heterocycles. The molecule has 2 atom stereocenters. The molecule has 2 aromatic rings. The lowest BCUT2D eigenvalue weighted by atomic mass is 9.99. The molecule has 152 valence electrons. The van der Waals surface area contributed by atoms with Gasteiger partial charge < -0.3 is 21.1 Å². The number of carboxylic acid groups (broad SMARTS) is 1. The molecule has 0 spiro atoms. The molecule has 6 nitrogen and oxygen atoms in total. The van der Waals surface area contributed by atoms with Crippen LogP contribution < -0.4 is 16.0 Å². The second-order valence-corrected chi connectivity index (χ2v) is 8.67. The van der Waals surface area contributed by atoms with Crippen molar-refractivity contribution in [1.82, 2.24) is 5.32 Å². The molecule has 0 bridgehead atoms. The number of thiocarbonyl (C=S) groups is 1. The molecular formula is C20H20ClN3O3S2. The number of aliphatic carboxylic acids is 1. The lowest BCUT2D eigenvalue weighted by Gasteiger charge is -2.18. The van der Waals surface area contributed by atoms with Crippen molar-refractivity contribution in [2.45, 2.75) is 23.6 Å². The first-order valence-electron chi connectivity index (χ1n) is 8.92. The number of benzene rings is 2. The van der Waals surface area contributed by atoms with E-state index in [4.69, 9.17) is 23.8 Å². The number of rotatable bonds is 7. The molecular weight excluding hydrogens is 430 g/mol. The summed E-state index contributed by atoms with van der Waals surface area (Å²) in [6, 6.07) is 12.7. The topological polar surface area (TPSA) is 90.5 Å². The van der Waals surface area contributed by atoms with Gasteiger partial charge in [0.2, 0.25) is 5.91 Å². The largest absolute Gasteiger partial charge is 0.481 e. The summed E-state index contributed by atoms with van der Waals surface area (Å²) in [6.45, 7) is 1.92. The molecule has 2 unspecified atom stereocenters. The van der Waals surface area contributed by atoms with Gasteiger partial charge in [0, 0.05) is 18.5 Å². The zero-order valence-electron chi connectivity index (χ0n) is 15.6. The predicted molar refractivity (Wildman–Crippen MR) is 121 cm³/mol. The summed E-state index contributed by atoms with van der Waals surface area (Å²) in [5.41, 5.74) is 2.53. The summed E-state index contributed by atoms with van der Waals surface area (Å²) < 4.78 is 0. The van der Waals surface area contributed by atoms with Crippen LogP contribution in [0.5, 0.6) is 0 Å². The Kier molecular flexibility index (Phi) is 7.00. The van der Waals surface area contributed by atoms with E-state index >= 15 is 0 Å². The Hall–Kier alpha value is -2.29. The summed E-state index contributed by atoms with van der Waals surface area (Å²) in [6.07, 6.45) is 0.288. The molecule has 3 rings (SSSR count). The van der Waals surface area contributed by atoms with Crippen molar-refractivity contribution in [3.63, 3.8) is 0 Å². The number of hydrogen-bond donors (Lipinski definition) is 4. The number of halogens is 1. The number of carbonyl (C=O) groups excluding carboxylic acids is 1. The second kappa shape index (κ2) is 9.47. The summed E-state index contributed by atoms with van der Waals surface area (Å²) in [5, 5.41) is 19.4. The average Bonchev–Trinajstić information content (AvgIpc) is 3.09. The third-order valence-corrected chi connectivity index (χ3v) is 6.26. The van der Waals surface area contributed by atoms with Gasteiger partial charge in [-0.2, -0.15) is 0 Å². The van der Waals surface area contributed by atoms with E-state index in [-0.39, 0.29) is 22.7 Å². The Morgan fingerprint density at radius 3 is 2.66 bits per heavy atom. The van der Waals surface area contributed by atoms with Gasteiger partial charge in [0.1, 0.15) is 5.92 Å². The molecule has 0 fully saturated rings. The maximum atomic E-state index is 11.7. The minimum absolute atomic E-state index is 0.0390. The van der Waals surface area contributed by atoms with Crippen LogP contribution in [0.15, 0.2) is 47.4 Å². The van der Waals surface area contributed by atoms with E-state index in [0.717, 1.165) is 21.8 Å². The van der Waals surface area contributed by atoms with E-state index in [0.29, 0.717) is 11.6 Å². The monoisotopic (exact) mass is 449 g/mol. The molecule has 0 aromatic heterocycles. The molecule has 0 saturated heterocycles. The van der Waals surface area contributed by atoms with Crippen molar-refractivity contribution in [3.05, 3.63) is 53.1 Å². The summed E-state index contributed by atoms with van der Waals surface area (Å²) in [5.74, 6) is -1.93.